The van der Waals surface area contributed by atoms with Gasteiger partial charge >= 0.3 is 0 Å². The standard InChI is InChI=1S/C17H17N3O2S/c1-17(22,14-5-4-10-23-14)12-19-16(21)13-6-7-15(18-11-13)20-8-2-3-9-20/h2-11,22H,12H2,1H3,(H,19,21). The van der Waals surface area contributed by atoms with Crippen LogP contribution in [0.4, 0.5) is 0 Å². The summed E-state index contributed by atoms with van der Waals surface area (Å²) >= 11 is 1.46. The van der Waals surface area contributed by atoms with E-state index < -0.39 is 5.60 Å². The molecule has 3 rings (SSSR count). The molecule has 0 aliphatic heterocycles. The normalized spacial score (nSPS) is 13.5. The van der Waals surface area contributed by atoms with Gasteiger partial charge in [-0.25, -0.2) is 4.98 Å². The van der Waals surface area contributed by atoms with Crippen LogP contribution in [0.15, 0.2) is 60.4 Å². The molecule has 3 aromatic rings. The van der Waals surface area contributed by atoms with Crippen molar-refractivity contribution in [2.24, 2.45) is 0 Å². The zero-order valence-electron chi connectivity index (χ0n) is 12.6. The lowest BCUT2D eigenvalue weighted by Crippen LogP contribution is -2.38. The van der Waals surface area contributed by atoms with Gasteiger partial charge in [0.1, 0.15) is 11.4 Å². The molecule has 1 unspecified atom stereocenters. The topological polar surface area (TPSA) is 67.2 Å². The zero-order chi connectivity index (χ0) is 16.3. The number of hydrogen-bond acceptors (Lipinski definition) is 4. The molecule has 23 heavy (non-hydrogen) atoms. The van der Waals surface area contributed by atoms with Gasteiger partial charge in [0.05, 0.1) is 12.1 Å². The van der Waals surface area contributed by atoms with E-state index in [0.717, 1.165) is 10.7 Å². The minimum Gasteiger partial charge on any atom is -0.383 e. The van der Waals surface area contributed by atoms with Gasteiger partial charge in [-0.3, -0.25) is 4.79 Å². The SMILES string of the molecule is CC(O)(CNC(=O)c1ccc(-n2cccc2)nc1)c1cccs1. The largest absolute Gasteiger partial charge is 0.383 e. The summed E-state index contributed by atoms with van der Waals surface area (Å²) in [5.41, 5.74) is -0.620. The fraction of sp³-hybridized carbons (Fsp3) is 0.176. The van der Waals surface area contributed by atoms with Crippen LogP contribution in [-0.2, 0) is 5.60 Å². The summed E-state index contributed by atoms with van der Waals surface area (Å²) in [6.07, 6.45) is 5.31. The molecule has 6 heteroatoms. The molecule has 0 spiro atoms. The van der Waals surface area contributed by atoms with Gasteiger partial charge in [-0.1, -0.05) is 6.07 Å². The van der Waals surface area contributed by atoms with E-state index in [0.29, 0.717) is 5.56 Å². The number of rotatable bonds is 5. The van der Waals surface area contributed by atoms with E-state index >= 15 is 0 Å². The van der Waals surface area contributed by atoms with E-state index in [9.17, 15) is 9.90 Å². The molecular formula is C17H17N3O2S. The molecular weight excluding hydrogens is 310 g/mol. The molecule has 0 fully saturated rings. The van der Waals surface area contributed by atoms with Crippen molar-refractivity contribution in [3.63, 3.8) is 0 Å². The van der Waals surface area contributed by atoms with Gasteiger partial charge in [-0.15, -0.1) is 11.3 Å². The molecule has 3 heterocycles. The van der Waals surface area contributed by atoms with E-state index in [1.807, 2.05) is 46.6 Å². The average molecular weight is 327 g/mol. The fourth-order valence-corrected chi connectivity index (χ4v) is 2.97. The van der Waals surface area contributed by atoms with E-state index in [1.165, 1.54) is 17.5 Å². The molecule has 0 saturated heterocycles. The zero-order valence-corrected chi connectivity index (χ0v) is 13.5. The number of aromatic nitrogens is 2. The van der Waals surface area contributed by atoms with Gasteiger partial charge in [-0.05, 0) is 42.6 Å². The third-order valence-electron chi connectivity index (χ3n) is 3.52. The molecule has 2 N–H and O–H groups in total. The Hall–Kier alpha value is -2.44. The number of carbonyl (C=O) groups is 1. The number of nitrogens with one attached hydrogen (secondary N) is 1. The summed E-state index contributed by atoms with van der Waals surface area (Å²) in [4.78, 5) is 17.3. The van der Waals surface area contributed by atoms with Crippen LogP contribution >= 0.6 is 11.3 Å². The van der Waals surface area contributed by atoms with Crippen LogP contribution in [-0.4, -0.2) is 27.1 Å². The summed E-state index contributed by atoms with van der Waals surface area (Å²) < 4.78 is 1.86. The van der Waals surface area contributed by atoms with Crippen molar-refractivity contribution in [3.8, 4) is 5.82 Å². The highest BCUT2D eigenvalue weighted by Crippen LogP contribution is 2.24. The maximum absolute atomic E-state index is 12.2. The molecule has 0 aliphatic carbocycles. The third-order valence-corrected chi connectivity index (χ3v) is 4.65. The molecule has 3 aromatic heterocycles. The lowest BCUT2D eigenvalue weighted by Gasteiger charge is -2.22. The Morgan fingerprint density at radius 1 is 1.30 bits per heavy atom. The average Bonchev–Trinajstić information content (AvgIpc) is 3.26. The van der Waals surface area contributed by atoms with Gasteiger partial charge in [0.15, 0.2) is 0 Å². The summed E-state index contributed by atoms with van der Waals surface area (Å²) in [6.45, 7) is 1.83. The summed E-state index contributed by atoms with van der Waals surface area (Å²) in [5, 5.41) is 15.1. The van der Waals surface area contributed by atoms with Gasteiger partial charge < -0.3 is 15.0 Å². The minimum atomic E-state index is -1.08. The van der Waals surface area contributed by atoms with Crippen LogP contribution in [0.2, 0.25) is 0 Å². The van der Waals surface area contributed by atoms with Gasteiger partial charge in [-0.2, -0.15) is 0 Å². The monoisotopic (exact) mass is 327 g/mol. The number of pyridine rings is 1. The van der Waals surface area contributed by atoms with Crippen LogP contribution in [0, 0.1) is 0 Å². The van der Waals surface area contributed by atoms with Crippen LogP contribution in [0.25, 0.3) is 5.82 Å². The first-order valence-electron chi connectivity index (χ1n) is 7.20. The first kappa shape index (κ1) is 15.5. The minimum absolute atomic E-state index is 0.145. The van der Waals surface area contributed by atoms with Crippen LogP contribution < -0.4 is 5.32 Å². The maximum atomic E-state index is 12.2. The fourth-order valence-electron chi connectivity index (χ4n) is 2.19. The van der Waals surface area contributed by atoms with Crippen molar-refractivity contribution in [1.82, 2.24) is 14.9 Å². The summed E-state index contributed by atoms with van der Waals surface area (Å²) in [6, 6.07) is 11.1. The molecule has 0 aromatic carbocycles. The van der Waals surface area contributed by atoms with E-state index in [1.54, 1.807) is 19.1 Å². The van der Waals surface area contributed by atoms with Crippen molar-refractivity contribution in [1.29, 1.82) is 0 Å². The second-order valence-corrected chi connectivity index (χ2v) is 6.38. The van der Waals surface area contributed by atoms with Crippen LogP contribution in [0.5, 0.6) is 0 Å². The predicted octanol–water partition coefficient (Wildman–Crippen LogP) is 2.57. The quantitative estimate of drug-likeness (QED) is 0.757. The predicted molar refractivity (Wildman–Crippen MR) is 89.8 cm³/mol. The van der Waals surface area contributed by atoms with Crippen LogP contribution in [0.1, 0.15) is 22.2 Å². The number of aliphatic hydroxyl groups is 1. The lowest BCUT2D eigenvalue weighted by molar-refractivity contribution is 0.0556. The molecule has 0 saturated carbocycles. The van der Waals surface area contributed by atoms with Gasteiger partial charge in [0.2, 0.25) is 0 Å². The van der Waals surface area contributed by atoms with Crippen molar-refractivity contribution in [2.75, 3.05) is 6.54 Å². The Bertz CT molecular complexity index is 763. The van der Waals surface area contributed by atoms with Crippen molar-refractivity contribution < 1.29 is 9.90 Å². The maximum Gasteiger partial charge on any atom is 0.252 e. The molecule has 0 bridgehead atoms. The molecule has 1 atom stereocenters. The highest BCUT2D eigenvalue weighted by atomic mass is 32.1. The Balaban J connectivity index is 1.64. The van der Waals surface area contributed by atoms with Gasteiger partial charge in [0.25, 0.3) is 5.91 Å². The van der Waals surface area contributed by atoms with Crippen molar-refractivity contribution >= 4 is 17.2 Å². The second kappa shape index (κ2) is 6.36. The molecule has 0 radical (unpaired) electrons. The summed E-state index contributed by atoms with van der Waals surface area (Å²) in [5.74, 6) is 0.491. The number of hydrogen-bond donors (Lipinski definition) is 2. The summed E-state index contributed by atoms with van der Waals surface area (Å²) in [7, 11) is 0. The number of nitrogens with zero attached hydrogens (tertiary/aromatic N) is 2. The molecule has 118 valence electrons. The first-order chi connectivity index (χ1) is 11.1. The van der Waals surface area contributed by atoms with Gasteiger partial charge in [0, 0.05) is 23.5 Å². The van der Waals surface area contributed by atoms with E-state index in [-0.39, 0.29) is 12.5 Å². The number of thiophene rings is 1. The number of amides is 1. The molecule has 5 nitrogen and oxygen atoms in total. The highest BCUT2D eigenvalue weighted by Gasteiger charge is 2.25. The third kappa shape index (κ3) is 3.49. The second-order valence-electron chi connectivity index (χ2n) is 5.43. The van der Waals surface area contributed by atoms with Crippen molar-refractivity contribution in [3.05, 3.63) is 70.8 Å². The Morgan fingerprint density at radius 2 is 2.09 bits per heavy atom. The molecule has 1 amide bonds. The highest BCUT2D eigenvalue weighted by molar-refractivity contribution is 7.10. The molecule has 0 aliphatic rings. The Labute approximate surface area is 138 Å². The van der Waals surface area contributed by atoms with Crippen molar-refractivity contribution in [2.45, 2.75) is 12.5 Å². The van der Waals surface area contributed by atoms with E-state index in [4.69, 9.17) is 0 Å². The number of carbonyl (C=O) groups excluding carboxylic acids is 1. The Morgan fingerprint density at radius 3 is 2.70 bits per heavy atom. The van der Waals surface area contributed by atoms with Crippen LogP contribution in [0.3, 0.4) is 0 Å². The first-order valence-corrected chi connectivity index (χ1v) is 8.08. The smallest absolute Gasteiger partial charge is 0.252 e. The lowest BCUT2D eigenvalue weighted by atomic mass is 10.1. The van der Waals surface area contributed by atoms with E-state index in [2.05, 4.69) is 10.3 Å². The Kier molecular flexibility index (Phi) is 4.27.